The van der Waals surface area contributed by atoms with Crippen molar-refractivity contribution in [2.75, 3.05) is 11.6 Å². The highest BCUT2D eigenvalue weighted by Gasteiger charge is 2.33. The van der Waals surface area contributed by atoms with Gasteiger partial charge in [0.05, 0.1) is 25.7 Å². The minimum Gasteiger partial charge on any atom is -0.335 e. The van der Waals surface area contributed by atoms with E-state index in [0.29, 0.717) is 12.8 Å². The van der Waals surface area contributed by atoms with Gasteiger partial charge in [0, 0.05) is 24.2 Å². The van der Waals surface area contributed by atoms with Gasteiger partial charge in [-0.25, -0.2) is 18.2 Å². The maximum absolute atomic E-state index is 13.4. The third-order valence-electron chi connectivity index (χ3n) is 7.55. The molecule has 2 aromatic rings. The van der Waals surface area contributed by atoms with Crippen molar-refractivity contribution in [2.45, 2.75) is 86.1 Å². The molecular formula is C27H33N5O7S. The number of nitroso groups, excluding NO2 is 1. The molecular weight excluding hydrogens is 538 g/mol. The molecule has 0 aliphatic heterocycles. The number of carbonyl (C=O) groups excluding carboxylic acids is 2. The number of nitro groups is 1. The fraction of sp³-hybridized carbons (Fsp3) is 0.481. The Bertz CT molecular complexity index is 1320. The fourth-order valence-electron chi connectivity index (χ4n) is 5.37. The van der Waals surface area contributed by atoms with Gasteiger partial charge in [-0.3, -0.25) is 19.8 Å². The number of carbonyl (C=O) groups is 2. The second kappa shape index (κ2) is 13.0. The summed E-state index contributed by atoms with van der Waals surface area (Å²) in [7, 11) is -3.99. The van der Waals surface area contributed by atoms with Gasteiger partial charge in [0.1, 0.15) is 6.54 Å². The second-order valence-electron chi connectivity index (χ2n) is 10.2. The molecule has 4 rings (SSSR count). The lowest BCUT2D eigenvalue weighted by Crippen LogP contribution is -2.54. The van der Waals surface area contributed by atoms with Crippen molar-refractivity contribution >= 4 is 33.2 Å². The van der Waals surface area contributed by atoms with Crippen molar-refractivity contribution in [3.63, 3.8) is 0 Å². The van der Waals surface area contributed by atoms with Crippen LogP contribution in [0, 0.1) is 15.0 Å². The highest BCUT2D eigenvalue weighted by Crippen LogP contribution is 2.27. The van der Waals surface area contributed by atoms with Crippen molar-refractivity contribution in [1.29, 1.82) is 0 Å². The fourth-order valence-corrected chi connectivity index (χ4v) is 6.63. The van der Waals surface area contributed by atoms with Crippen LogP contribution in [0.15, 0.2) is 63.6 Å². The van der Waals surface area contributed by atoms with E-state index in [1.54, 1.807) is 0 Å². The van der Waals surface area contributed by atoms with Gasteiger partial charge in [-0.1, -0.05) is 38.5 Å². The number of nitrogens with one attached hydrogen (secondary N) is 1. The Morgan fingerprint density at radius 1 is 0.875 bits per heavy atom. The summed E-state index contributed by atoms with van der Waals surface area (Å²) in [4.78, 5) is 49.7. The van der Waals surface area contributed by atoms with Gasteiger partial charge in [-0.15, -0.1) is 4.91 Å². The Kier molecular flexibility index (Phi) is 9.46. The van der Waals surface area contributed by atoms with Crippen LogP contribution in [-0.2, 0) is 14.6 Å². The zero-order valence-corrected chi connectivity index (χ0v) is 22.9. The van der Waals surface area contributed by atoms with Crippen LogP contribution in [0.1, 0.15) is 64.2 Å². The maximum atomic E-state index is 13.4. The largest absolute Gasteiger partial charge is 0.335 e. The lowest BCUT2D eigenvalue weighted by Gasteiger charge is -2.35. The number of hydrogen-bond donors (Lipinski definition) is 1. The van der Waals surface area contributed by atoms with Crippen molar-refractivity contribution in [1.82, 2.24) is 10.2 Å². The average Bonchev–Trinajstić information content (AvgIpc) is 2.97. The van der Waals surface area contributed by atoms with Gasteiger partial charge in [0.25, 0.3) is 11.6 Å². The summed E-state index contributed by atoms with van der Waals surface area (Å²) in [6.07, 6.45) is 9.19. The van der Waals surface area contributed by atoms with Crippen molar-refractivity contribution in [2.24, 2.45) is 5.29 Å². The monoisotopic (exact) mass is 571 g/mol. The molecule has 2 aliphatic rings. The van der Waals surface area contributed by atoms with Crippen LogP contribution in [0.5, 0.6) is 0 Å². The molecule has 0 spiro atoms. The third kappa shape index (κ3) is 6.82. The summed E-state index contributed by atoms with van der Waals surface area (Å²) in [5.74, 6) is -0.553. The molecule has 0 bridgehead atoms. The number of nitrogens with zero attached hydrogens (tertiary/aromatic N) is 4. The number of rotatable bonds is 9. The summed E-state index contributed by atoms with van der Waals surface area (Å²) in [5.41, 5.74) is -0.0522. The van der Waals surface area contributed by atoms with Crippen LogP contribution in [0.2, 0.25) is 0 Å². The Balaban J connectivity index is 1.49. The van der Waals surface area contributed by atoms with Crippen molar-refractivity contribution in [3.05, 3.63) is 63.6 Å². The maximum Gasteiger partial charge on any atom is 0.324 e. The van der Waals surface area contributed by atoms with Crippen LogP contribution in [-0.4, -0.2) is 48.8 Å². The molecule has 1 N–H and O–H groups in total. The SMILES string of the molecule is O=NN(CC(=O)N(C(=O)NC1CCCCC1)C1CCCCC1)c1ccc(S(=O)(=O)c2ccc([N+](=O)[O-])cc2)cc1. The Morgan fingerprint density at radius 3 is 1.93 bits per heavy atom. The number of imide groups is 1. The van der Waals surface area contributed by atoms with E-state index in [1.807, 2.05) is 0 Å². The Hall–Kier alpha value is -3.87. The van der Waals surface area contributed by atoms with E-state index >= 15 is 0 Å². The molecule has 3 amide bonds. The van der Waals surface area contributed by atoms with E-state index in [2.05, 4.69) is 10.6 Å². The first-order valence-corrected chi connectivity index (χ1v) is 15.0. The summed E-state index contributed by atoms with van der Waals surface area (Å²) in [6.45, 7) is -0.480. The highest BCUT2D eigenvalue weighted by molar-refractivity contribution is 7.91. The van der Waals surface area contributed by atoms with Crippen molar-refractivity contribution in [3.8, 4) is 0 Å². The number of urea groups is 1. The molecule has 0 unspecified atom stereocenters. The molecule has 0 saturated heterocycles. The van der Waals surface area contributed by atoms with E-state index in [9.17, 15) is 33.0 Å². The number of non-ortho nitro benzene ring substituents is 1. The number of hydrogen-bond acceptors (Lipinski definition) is 8. The minimum absolute atomic E-state index is 0.0192. The molecule has 13 heteroatoms. The summed E-state index contributed by atoms with van der Waals surface area (Å²) in [6, 6.07) is 9.06. The predicted molar refractivity (Wildman–Crippen MR) is 147 cm³/mol. The first-order valence-electron chi connectivity index (χ1n) is 13.5. The van der Waals surface area contributed by atoms with E-state index in [0.717, 1.165) is 80.6 Å². The molecule has 2 saturated carbocycles. The van der Waals surface area contributed by atoms with Gasteiger partial charge in [-0.05, 0) is 62.1 Å². The van der Waals surface area contributed by atoms with Gasteiger partial charge in [-0.2, -0.15) is 0 Å². The molecule has 2 aliphatic carbocycles. The van der Waals surface area contributed by atoms with Crippen LogP contribution < -0.4 is 10.3 Å². The number of anilines is 1. The molecule has 2 fully saturated rings. The number of amides is 3. The molecule has 12 nitrogen and oxygen atoms in total. The average molecular weight is 572 g/mol. The Morgan fingerprint density at radius 2 is 1.40 bits per heavy atom. The molecule has 214 valence electrons. The predicted octanol–water partition coefficient (Wildman–Crippen LogP) is 5.12. The zero-order chi connectivity index (χ0) is 28.7. The topological polar surface area (TPSA) is 159 Å². The van der Waals surface area contributed by atoms with Crippen LogP contribution >= 0.6 is 0 Å². The number of benzene rings is 2. The van der Waals surface area contributed by atoms with Gasteiger partial charge >= 0.3 is 6.03 Å². The Labute approximate surface area is 232 Å². The normalized spacial score (nSPS) is 16.6. The van der Waals surface area contributed by atoms with E-state index < -0.39 is 33.2 Å². The van der Waals surface area contributed by atoms with Crippen molar-refractivity contribution < 1.29 is 22.9 Å². The zero-order valence-electron chi connectivity index (χ0n) is 22.1. The lowest BCUT2D eigenvalue weighted by molar-refractivity contribution is -0.384. The van der Waals surface area contributed by atoms with E-state index in [1.165, 1.54) is 29.2 Å². The number of sulfone groups is 1. The second-order valence-corrected chi connectivity index (χ2v) is 12.2. The standard InChI is InChI=1S/C27H33N5O7S/c33-26(31(22-9-5-2-6-10-22)27(34)28-20-7-3-1-4-8-20)19-30(29-35)21-11-15-24(16-12-21)40(38,39)25-17-13-23(14-18-25)32(36)37/h11-18,20,22H,1-10,19H2,(H,28,34). The quantitative estimate of drug-likeness (QED) is 0.247. The van der Waals surface area contributed by atoms with Gasteiger partial charge < -0.3 is 5.32 Å². The molecule has 40 heavy (non-hydrogen) atoms. The molecule has 0 heterocycles. The first kappa shape index (κ1) is 29.1. The van der Waals surface area contributed by atoms with E-state index in [-0.39, 0.29) is 33.2 Å². The summed E-state index contributed by atoms with van der Waals surface area (Å²) >= 11 is 0. The van der Waals surface area contributed by atoms with Crippen LogP contribution in [0.25, 0.3) is 0 Å². The smallest absolute Gasteiger partial charge is 0.324 e. The first-order chi connectivity index (χ1) is 19.2. The molecule has 0 radical (unpaired) electrons. The highest BCUT2D eigenvalue weighted by atomic mass is 32.2. The molecule has 2 aromatic carbocycles. The van der Waals surface area contributed by atoms with Gasteiger partial charge in [0.15, 0.2) is 0 Å². The van der Waals surface area contributed by atoms with Crippen LogP contribution in [0.4, 0.5) is 16.2 Å². The lowest BCUT2D eigenvalue weighted by atomic mass is 9.93. The molecule has 0 aromatic heterocycles. The van der Waals surface area contributed by atoms with E-state index in [4.69, 9.17) is 0 Å². The summed E-state index contributed by atoms with van der Waals surface area (Å²) < 4.78 is 25.9. The number of nitro benzene ring substituents is 1. The third-order valence-corrected chi connectivity index (χ3v) is 9.33. The van der Waals surface area contributed by atoms with Crippen LogP contribution in [0.3, 0.4) is 0 Å². The minimum atomic E-state index is -3.99. The van der Waals surface area contributed by atoms with Gasteiger partial charge in [0.2, 0.25) is 9.84 Å². The molecule has 0 atom stereocenters. The summed E-state index contributed by atoms with van der Waals surface area (Å²) in [5, 5.41) is 17.7.